The van der Waals surface area contributed by atoms with E-state index in [2.05, 4.69) is 15.9 Å². The zero-order chi connectivity index (χ0) is 11.0. The number of aromatic hydroxyl groups is 1. The van der Waals surface area contributed by atoms with Crippen LogP contribution in [-0.4, -0.2) is 28.8 Å². The van der Waals surface area contributed by atoms with E-state index in [1.165, 1.54) is 11.0 Å². The second-order valence-corrected chi connectivity index (χ2v) is 4.41. The topological polar surface area (TPSA) is 60.8 Å². The van der Waals surface area contributed by atoms with Gasteiger partial charge in [-0.05, 0) is 18.2 Å². The summed E-state index contributed by atoms with van der Waals surface area (Å²) in [4.78, 5) is 12.9. The molecule has 1 aliphatic heterocycles. The fourth-order valence-electron chi connectivity index (χ4n) is 1.65. The zero-order valence-electron chi connectivity index (χ0n) is 7.85. The number of β-amino-alcohol motifs (C(OH)–C–C–N with tert-alkyl or cyclic N) is 1. The molecule has 1 aromatic rings. The largest absolute Gasteiger partial charge is 0.506 e. The molecule has 0 radical (unpaired) electrons. The van der Waals surface area contributed by atoms with Gasteiger partial charge in [-0.3, -0.25) is 4.79 Å². The van der Waals surface area contributed by atoms with Gasteiger partial charge in [0.05, 0.1) is 24.8 Å². The third-order valence-electron chi connectivity index (χ3n) is 2.33. The van der Waals surface area contributed by atoms with E-state index < -0.39 is 6.10 Å². The van der Waals surface area contributed by atoms with Crippen LogP contribution in [0.5, 0.6) is 5.75 Å². The van der Waals surface area contributed by atoms with Gasteiger partial charge >= 0.3 is 0 Å². The molecule has 0 aromatic heterocycles. The van der Waals surface area contributed by atoms with Crippen molar-refractivity contribution in [1.82, 2.24) is 0 Å². The van der Waals surface area contributed by atoms with Crippen molar-refractivity contribution in [3.8, 4) is 5.75 Å². The Morgan fingerprint density at radius 1 is 1.47 bits per heavy atom. The summed E-state index contributed by atoms with van der Waals surface area (Å²) in [6.45, 7) is 0.244. The highest BCUT2D eigenvalue weighted by atomic mass is 79.9. The van der Waals surface area contributed by atoms with Crippen LogP contribution in [0.4, 0.5) is 5.69 Å². The quantitative estimate of drug-likeness (QED) is 0.808. The van der Waals surface area contributed by atoms with Gasteiger partial charge < -0.3 is 15.1 Å². The van der Waals surface area contributed by atoms with Gasteiger partial charge in [0.15, 0.2) is 0 Å². The molecule has 2 N–H and O–H groups in total. The number of aliphatic hydroxyl groups is 1. The second-order valence-electron chi connectivity index (χ2n) is 3.50. The Morgan fingerprint density at radius 3 is 2.73 bits per heavy atom. The molecule has 5 heteroatoms. The van der Waals surface area contributed by atoms with E-state index in [0.717, 1.165) is 4.47 Å². The molecule has 80 valence electrons. The van der Waals surface area contributed by atoms with E-state index in [1.54, 1.807) is 12.1 Å². The molecule has 1 heterocycles. The van der Waals surface area contributed by atoms with Gasteiger partial charge in [0.1, 0.15) is 5.75 Å². The van der Waals surface area contributed by atoms with Gasteiger partial charge in [-0.1, -0.05) is 15.9 Å². The molecule has 1 saturated heterocycles. The minimum Gasteiger partial charge on any atom is -0.506 e. The number of rotatable bonds is 1. The number of anilines is 1. The average Bonchev–Trinajstić information content (AvgIpc) is 2.45. The van der Waals surface area contributed by atoms with E-state index in [9.17, 15) is 15.0 Å². The highest BCUT2D eigenvalue weighted by Gasteiger charge is 2.30. The lowest BCUT2D eigenvalue weighted by molar-refractivity contribution is -0.117. The highest BCUT2D eigenvalue weighted by Crippen LogP contribution is 2.32. The van der Waals surface area contributed by atoms with Gasteiger partial charge in [0, 0.05) is 4.47 Å². The van der Waals surface area contributed by atoms with Crippen LogP contribution >= 0.6 is 15.9 Å². The van der Waals surface area contributed by atoms with E-state index >= 15 is 0 Å². The summed E-state index contributed by atoms with van der Waals surface area (Å²) in [7, 11) is 0. The van der Waals surface area contributed by atoms with Gasteiger partial charge in [0.2, 0.25) is 5.91 Å². The normalized spacial score (nSPS) is 21.1. The number of nitrogens with zero attached hydrogens (tertiary/aromatic N) is 1. The summed E-state index contributed by atoms with van der Waals surface area (Å²) < 4.78 is 0.746. The highest BCUT2D eigenvalue weighted by molar-refractivity contribution is 9.10. The van der Waals surface area contributed by atoms with Crippen LogP contribution in [-0.2, 0) is 4.79 Å². The maximum Gasteiger partial charge on any atom is 0.229 e. The van der Waals surface area contributed by atoms with Crippen LogP contribution < -0.4 is 4.90 Å². The molecule has 1 atom stereocenters. The first-order chi connectivity index (χ1) is 7.08. The lowest BCUT2D eigenvalue weighted by atomic mass is 10.2. The Morgan fingerprint density at radius 2 is 2.20 bits per heavy atom. The molecule has 0 bridgehead atoms. The van der Waals surface area contributed by atoms with E-state index in [0.29, 0.717) is 5.69 Å². The fourth-order valence-corrected chi connectivity index (χ4v) is 2.00. The number of benzene rings is 1. The average molecular weight is 272 g/mol. The molecular weight excluding hydrogens is 262 g/mol. The summed E-state index contributed by atoms with van der Waals surface area (Å²) in [6, 6.07) is 4.91. The van der Waals surface area contributed by atoms with Crippen LogP contribution in [0, 0.1) is 0 Å². The lowest BCUT2D eigenvalue weighted by Gasteiger charge is -2.17. The van der Waals surface area contributed by atoms with Crippen LogP contribution in [0.1, 0.15) is 6.42 Å². The second kappa shape index (κ2) is 3.83. The Balaban J connectivity index is 2.34. The minimum atomic E-state index is -0.638. The molecule has 1 fully saturated rings. The molecule has 15 heavy (non-hydrogen) atoms. The molecular formula is C10H10BrNO3. The van der Waals surface area contributed by atoms with Gasteiger partial charge in [0.25, 0.3) is 0 Å². The van der Waals surface area contributed by atoms with Crippen LogP contribution in [0.25, 0.3) is 0 Å². The standard InChI is InChI=1S/C10H10BrNO3/c11-6-1-2-8(9(14)3-6)12-5-7(13)4-10(12)15/h1-3,7,13-14H,4-5H2. The molecule has 1 amide bonds. The number of halogens is 1. The van der Waals surface area contributed by atoms with Crippen LogP contribution in [0.2, 0.25) is 0 Å². The Hall–Kier alpha value is -1.07. The summed E-state index contributed by atoms with van der Waals surface area (Å²) in [5.74, 6) is -0.132. The SMILES string of the molecule is O=C1CC(O)CN1c1ccc(Br)cc1O. The molecule has 1 unspecified atom stereocenters. The Kier molecular flexibility index (Phi) is 2.67. The van der Waals surface area contributed by atoms with E-state index in [4.69, 9.17) is 0 Å². The summed E-state index contributed by atoms with van der Waals surface area (Å²) >= 11 is 3.22. The molecule has 0 saturated carbocycles. The number of hydrogen-bond acceptors (Lipinski definition) is 3. The van der Waals surface area contributed by atoms with Crippen molar-refractivity contribution in [3.63, 3.8) is 0 Å². The number of carbonyl (C=O) groups is 1. The summed E-state index contributed by atoms with van der Waals surface area (Å²) in [5.41, 5.74) is 0.444. The molecule has 1 aliphatic rings. The molecule has 0 spiro atoms. The number of phenolic OH excluding ortho intramolecular Hbond substituents is 1. The predicted molar refractivity (Wildman–Crippen MR) is 58.8 cm³/mol. The number of hydrogen-bond donors (Lipinski definition) is 2. The van der Waals surface area contributed by atoms with Crippen LogP contribution in [0.15, 0.2) is 22.7 Å². The van der Waals surface area contributed by atoms with E-state index in [-0.39, 0.29) is 24.6 Å². The smallest absolute Gasteiger partial charge is 0.229 e. The first-order valence-corrected chi connectivity index (χ1v) is 5.34. The fraction of sp³-hybridized carbons (Fsp3) is 0.300. The molecule has 4 nitrogen and oxygen atoms in total. The van der Waals surface area contributed by atoms with Crippen molar-refractivity contribution >= 4 is 27.5 Å². The third kappa shape index (κ3) is 1.98. The van der Waals surface area contributed by atoms with Crippen molar-refractivity contribution in [1.29, 1.82) is 0 Å². The van der Waals surface area contributed by atoms with Gasteiger partial charge in [-0.15, -0.1) is 0 Å². The number of carbonyl (C=O) groups excluding carboxylic acids is 1. The third-order valence-corrected chi connectivity index (χ3v) is 2.83. The Labute approximate surface area is 95.3 Å². The minimum absolute atomic E-state index is 0.0341. The van der Waals surface area contributed by atoms with Gasteiger partial charge in [-0.25, -0.2) is 0 Å². The first kappa shape index (κ1) is 10.4. The number of aliphatic hydroxyl groups excluding tert-OH is 1. The molecule has 1 aromatic carbocycles. The maximum atomic E-state index is 11.5. The maximum absolute atomic E-state index is 11.5. The summed E-state index contributed by atoms with van der Waals surface area (Å²) in [6.07, 6.45) is -0.518. The van der Waals surface area contributed by atoms with E-state index in [1.807, 2.05) is 0 Å². The van der Waals surface area contributed by atoms with Crippen LogP contribution in [0.3, 0.4) is 0 Å². The zero-order valence-corrected chi connectivity index (χ0v) is 9.44. The van der Waals surface area contributed by atoms with Crippen molar-refractivity contribution in [3.05, 3.63) is 22.7 Å². The lowest BCUT2D eigenvalue weighted by Crippen LogP contribution is -2.25. The molecule has 0 aliphatic carbocycles. The Bertz CT molecular complexity index is 408. The number of amides is 1. The predicted octanol–water partition coefficient (Wildman–Crippen LogP) is 1.25. The van der Waals surface area contributed by atoms with Crippen molar-refractivity contribution in [2.75, 3.05) is 11.4 Å². The van der Waals surface area contributed by atoms with Crippen molar-refractivity contribution in [2.24, 2.45) is 0 Å². The first-order valence-electron chi connectivity index (χ1n) is 4.55. The summed E-state index contributed by atoms with van der Waals surface area (Å²) in [5, 5.41) is 19.0. The van der Waals surface area contributed by atoms with Crippen molar-refractivity contribution in [2.45, 2.75) is 12.5 Å². The number of phenols is 1. The monoisotopic (exact) mass is 271 g/mol. The molecule has 2 rings (SSSR count). The van der Waals surface area contributed by atoms with Gasteiger partial charge in [-0.2, -0.15) is 0 Å². The van der Waals surface area contributed by atoms with Crippen molar-refractivity contribution < 1.29 is 15.0 Å².